The van der Waals surface area contributed by atoms with Gasteiger partial charge < -0.3 is 16.4 Å². The van der Waals surface area contributed by atoms with Gasteiger partial charge in [0.05, 0.1) is 29.5 Å². The van der Waals surface area contributed by atoms with Gasteiger partial charge in [-0.3, -0.25) is 19.5 Å². The molecular weight excluding hydrogens is 372 g/mol. The number of para-hydroxylation sites is 1. The molecule has 0 radical (unpaired) electrons. The fourth-order valence-corrected chi connectivity index (χ4v) is 2.71. The van der Waals surface area contributed by atoms with Gasteiger partial charge in [0.2, 0.25) is 5.91 Å². The number of amides is 3. The highest BCUT2D eigenvalue weighted by Gasteiger charge is 2.19. The molecule has 0 fully saturated rings. The van der Waals surface area contributed by atoms with Crippen molar-refractivity contribution < 1.29 is 14.4 Å². The largest absolute Gasteiger partial charge is 0.368 e. The first-order chi connectivity index (χ1) is 12.9. The molecule has 0 spiro atoms. The molecule has 27 heavy (non-hydrogen) atoms. The average Bonchev–Trinajstić information content (AvgIpc) is 3.08. The standard InChI is InChI=1S/C17H15ClN6O3/c1-8-3-2-4-9-5-10(15(18)23-13(8)9)16(26)22-11-6-21-24-14(11)17(27)20-7-12(19)25/h2-6H,7H2,1H3,(H2,19,25)(H,20,27)(H,21,24)(H,22,26). The molecule has 3 rings (SSSR count). The van der Waals surface area contributed by atoms with Crippen molar-refractivity contribution in [2.45, 2.75) is 6.92 Å². The molecule has 9 nitrogen and oxygen atoms in total. The van der Waals surface area contributed by atoms with Crippen LogP contribution in [0.2, 0.25) is 5.15 Å². The minimum absolute atomic E-state index is 0.0229. The van der Waals surface area contributed by atoms with Crippen LogP contribution in [-0.2, 0) is 4.79 Å². The third kappa shape index (κ3) is 3.87. The lowest BCUT2D eigenvalue weighted by Gasteiger charge is -2.09. The summed E-state index contributed by atoms with van der Waals surface area (Å²) in [4.78, 5) is 39.7. The number of primary amides is 1. The maximum atomic E-state index is 12.6. The van der Waals surface area contributed by atoms with Crippen molar-refractivity contribution >= 4 is 45.9 Å². The van der Waals surface area contributed by atoms with E-state index in [1.807, 2.05) is 25.1 Å². The van der Waals surface area contributed by atoms with Crippen LogP contribution < -0.4 is 16.4 Å². The summed E-state index contributed by atoms with van der Waals surface area (Å²) in [6, 6.07) is 7.20. The van der Waals surface area contributed by atoms with Crippen LogP contribution in [0.3, 0.4) is 0 Å². The molecule has 0 bridgehead atoms. The molecule has 0 atom stereocenters. The molecule has 3 amide bonds. The summed E-state index contributed by atoms with van der Waals surface area (Å²) in [6.07, 6.45) is 1.27. The molecule has 0 aliphatic rings. The lowest BCUT2D eigenvalue weighted by molar-refractivity contribution is -0.117. The zero-order valence-electron chi connectivity index (χ0n) is 14.2. The SMILES string of the molecule is Cc1cccc2cc(C(=O)Nc3cn[nH]c3C(=O)NCC(N)=O)c(Cl)nc12. The number of H-pyrrole nitrogens is 1. The van der Waals surface area contributed by atoms with Crippen LogP contribution in [-0.4, -0.2) is 39.4 Å². The van der Waals surface area contributed by atoms with Crippen LogP contribution in [0, 0.1) is 6.92 Å². The van der Waals surface area contributed by atoms with Crippen molar-refractivity contribution in [1.82, 2.24) is 20.5 Å². The number of aromatic amines is 1. The summed E-state index contributed by atoms with van der Waals surface area (Å²) < 4.78 is 0. The highest BCUT2D eigenvalue weighted by Crippen LogP contribution is 2.24. The van der Waals surface area contributed by atoms with Crippen LogP contribution in [0.15, 0.2) is 30.5 Å². The summed E-state index contributed by atoms with van der Waals surface area (Å²) in [6.45, 7) is 1.55. The molecule has 10 heteroatoms. The Hall–Kier alpha value is -3.46. The summed E-state index contributed by atoms with van der Waals surface area (Å²) in [5.41, 5.74) is 6.88. The van der Waals surface area contributed by atoms with Crippen molar-refractivity contribution in [3.8, 4) is 0 Å². The Kier molecular flexibility index (Phi) is 5.04. The van der Waals surface area contributed by atoms with Crippen molar-refractivity contribution in [3.05, 3.63) is 52.4 Å². The fraction of sp³-hybridized carbons (Fsp3) is 0.118. The number of carbonyl (C=O) groups is 3. The quantitative estimate of drug-likeness (QED) is 0.490. The van der Waals surface area contributed by atoms with Crippen LogP contribution in [0.25, 0.3) is 10.9 Å². The van der Waals surface area contributed by atoms with Gasteiger partial charge in [-0.1, -0.05) is 29.8 Å². The van der Waals surface area contributed by atoms with Gasteiger partial charge in [0.15, 0.2) is 0 Å². The van der Waals surface area contributed by atoms with Gasteiger partial charge in [0.25, 0.3) is 11.8 Å². The number of nitrogens with one attached hydrogen (secondary N) is 3. The number of nitrogens with zero attached hydrogens (tertiary/aromatic N) is 2. The summed E-state index contributed by atoms with van der Waals surface area (Å²) in [5.74, 6) is -1.89. The minimum atomic E-state index is -0.697. The molecular formula is C17H15ClN6O3. The van der Waals surface area contributed by atoms with Gasteiger partial charge in [-0.2, -0.15) is 5.10 Å². The van der Waals surface area contributed by atoms with E-state index in [1.165, 1.54) is 6.20 Å². The Labute approximate surface area is 158 Å². The number of pyridine rings is 1. The van der Waals surface area contributed by atoms with Crippen molar-refractivity contribution in [2.24, 2.45) is 5.73 Å². The topological polar surface area (TPSA) is 143 Å². The van der Waals surface area contributed by atoms with E-state index in [9.17, 15) is 14.4 Å². The molecule has 0 aliphatic heterocycles. The van der Waals surface area contributed by atoms with Gasteiger partial charge in [-0.25, -0.2) is 4.98 Å². The Morgan fingerprint density at radius 1 is 1.26 bits per heavy atom. The van der Waals surface area contributed by atoms with Gasteiger partial charge in [-0.15, -0.1) is 0 Å². The Balaban J connectivity index is 1.86. The monoisotopic (exact) mass is 386 g/mol. The van der Waals surface area contributed by atoms with Crippen molar-refractivity contribution in [2.75, 3.05) is 11.9 Å². The average molecular weight is 387 g/mol. The number of benzene rings is 1. The third-order valence-corrected chi connectivity index (χ3v) is 4.07. The molecule has 2 aromatic heterocycles. The molecule has 0 unspecified atom stereocenters. The van der Waals surface area contributed by atoms with Crippen LogP contribution in [0.1, 0.15) is 26.4 Å². The predicted molar refractivity (Wildman–Crippen MR) is 99.6 cm³/mol. The first-order valence-electron chi connectivity index (χ1n) is 7.84. The summed E-state index contributed by atoms with van der Waals surface area (Å²) >= 11 is 6.17. The van der Waals surface area contributed by atoms with Crippen LogP contribution in [0.5, 0.6) is 0 Å². The summed E-state index contributed by atoms with van der Waals surface area (Å²) in [5, 5.41) is 11.9. The van der Waals surface area contributed by atoms with Crippen LogP contribution in [0.4, 0.5) is 5.69 Å². The Morgan fingerprint density at radius 2 is 2.04 bits per heavy atom. The van der Waals surface area contributed by atoms with E-state index in [2.05, 4.69) is 25.8 Å². The number of carbonyl (C=O) groups excluding carboxylic acids is 3. The van der Waals surface area contributed by atoms with E-state index < -0.39 is 17.7 Å². The maximum absolute atomic E-state index is 12.6. The van der Waals surface area contributed by atoms with Gasteiger partial charge >= 0.3 is 0 Å². The normalized spacial score (nSPS) is 10.6. The molecule has 2 heterocycles. The van der Waals surface area contributed by atoms with E-state index in [0.717, 1.165) is 10.9 Å². The molecule has 138 valence electrons. The number of hydrogen-bond donors (Lipinski definition) is 4. The second-order valence-corrected chi connectivity index (χ2v) is 6.09. The molecule has 3 aromatic rings. The molecule has 1 aromatic carbocycles. The van der Waals surface area contributed by atoms with Gasteiger partial charge in [0.1, 0.15) is 10.8 Å². The molecule has 0 saturated carbocycles. The van der Waals surface area contributed by atoms with Crippen molar-refractivity contribution in [3.63, 3.8) is 0 Å². The van der Waals surface area contributed by atoms with E-state index >= 15 is 0 Å². The van der Waals surface area contributed by atoms with Gasteiger partial charge in [-0.05, 0) is 18.6 Å². The number of aryl methyl sites for hydroxylation is 1. The number of nitrogens with two attached hydrogens (primary N) is 1. The predicted octanol–water partition coefficient (Wildman–Crippen LogP) is 1.39. The van der Waals surface area contributed by atoms with E-state index in [0.29, 0.717) is 5.52 Å². The number of halogens is 1. The second kappa shape index (κ2) is 7.42. The number of anilines is 1. The second-order valence-electron chi connectivity index (χ2n) is 5.74. The highest BCUT2D eigenvalue weighted by molar-refractivity contribution is 6.34. The highest BCUT2D eigenvalue weighted by atomic mass is 35.5. The number of fused-ring (bicyclic) bond motifs is 1. The molecule has 5 N–H and O–H groups in total. The third-order valence-electron chi connectivity index (χ3n) is 3.78. The Bertz CT molecular complexity index is 1060. The van der Waals surface area contributed by atoms with E-state index in [-0.39, 0.29) is 28.6 Å². The van der Waals surface area contributed by atoms with Gasteiger partial charge in [0, 0.05) is 5.39 Å². The number of rotatable bonds is 5. The van der Waals surface area contributed by atoms with Crippen molar-refractivity contribution in [1.29, 1.82) is 0 Å². The maximum Gasteiger partial charge on any atom is 0.271 e. The lowest BCUT2D eigenvalue weighted by atomic mass is 10.1. The first-order valence-corrected chi connectivity index (χ1v) is 8.21. The zero-order valence-corrected chi connectivity index (χ0v) is 14.9. The molecule has 0 aliphatic carbocycles. The van der Waals surface area contributed by atoms with E-state index in [4.69, 9.17) is 17.3 Å². The smallest absolute Gasteiger partial charge is 0.271 e. The fourth-order valence-electron chi connectivity index (χ4n) is 2.48. The Morgan fingerprint density at radius 3 is 2.78 bits per heavy atom. The van der Waals surface area contributed by atoms with E-state index in [1.54, 1.807) is 6.07 Å². The summed E-state index contributed by atoms with van der Waals surface area (Å²) in [7, 11) is 0. The number of hydrogen-bond acceptors (Lipinski definition) is 5. The number of aromatic nitrogens is 3. The lowest BCUT2D eigenvalue weighted by Crippen LogP contribution is -2.34. The minimum Gasteiger partial charge on any atom is -0.368 e. The molecule has 0 saturated heterocycles. The first kappa shape index (κ1) is 18.3. The van der Waals surface area contributed by atoms with Crippen LogP contribution >= 0.6 is 11.6 Å². The zero-order chi connectivity index (χ0) is 19.6.